The minimum absolute atomic E-state index is 0.00672. The number of para-hydroxylation sites is 1. The van der Waals surface area contributed by atoms with E-state index in [9.17, 15) is 22.8 Å². The van der Waals surface area contributed by atoms with Crippen molar-refractivity contribution >= 4 is 40.5 Å². The van der Waals surface area contributed by atoms with Crippen LogP contribution in [0.3, 0.4) is 0 Å². The van der Waals surface area contributed by atoms with E-state index in [0.717, 1.165) is 6.07 Å². The highest BCUT2D eigenvalue weighted by Crippen LogP contribution is 2.35. The lowest BCUT2D eigenvalue weighted by Gasteiger charge is -2.25. The molecule has 2 amide bonds. The summed E-state index contributed by atoms with van der Waals surface area (Å²) in [5.41, 5.74) is -1.16. The van der Waals surface area contributed by atoms with Crippen molar-refractivity contribution in [1.82, 2.24) is 19.6 Å². The predicted octanol–water partition coefficient (Wildman–Crippen LogP) is 4.93. The molecular weight excluding hydrogens is 509 g/mol. The van der Waals surface area contributed by atoms with Gasteiger partial charge in [0.1, 0.15) is 10.7 Å². The molecule has 1 fully saturated rings. The van der Waals surface area contributed by atoms with Crippen molar-refractivity contribution in [1.29, 1.82) is 0 Å². The Bertz CT molecular complexity index is 1550. The lowest BCUT2D eigenvalue weighted by Crippen LogP contribution is -2.38. The van der Waals surface area contributed by atoms with Crippen LogP contribution in [0.15, 0.2) is 71.7 Å². The molecule has 12 heteroatoms. The van der Waals surface area contributed by atoms with E-state index >= 15 is 0 Å². The monoisotopic (exact) mass is 526 g/mol. The van der Waals surface area contributed by atoms with E-state index in [2.05, 4.69) is 15.1 Å². The van der Waals surface area contributed by atoms with E-state index in [1.54, 1.807) is 79.6 Å². The van der Waals surface area contributed by atoms with Crippen molar-refractivity contribution in [3.05, 3.63) is 83.1 Å². The molecular formula is C25H18ClF3N6O2. The molecule has 37 heavy (non-hydrogen) atoms. The number of aromatic nitrogens is 3. The minimum Gasteiger partial charge on any atom is -0.266 e. The first-order valence-electron chi connectivity index (χ1n) is 11.0. The second-order valence-electron chi connectivity index (χ2n) is 8.29. The molecule has 2 aromatic heterocycles. The number of carbonyl (C=O) groups excluding carboxylic acids is 2. The van der Waals surface area contributed by atoms with Gasteiger partial charge in [-0.25, -0.2) is 24.5 Å². The van der Waals surface area contributed by atoms with Crippen LogP contribution in [0.2, 0.25) is 5.02 Å². The third kappa shape index (κ3) is 4.25. The van der Waals surface area contributed by atoms with E-state index in [0.29, 0.717) is 15.8 Å². The van der Waals surface area contributed by atoms with Crippen LogP contribution in [0, 0.1) is 0 Å². The number of carbonyl (C=O) groups is 2. The van der Waals surface area contributed by atoms with Crippen LogP contribution in [0.25, 0.3) is 16.9 Å². The van der Waals surface area contributed by atoms with Gasteiger partial charge >= 0.3 is 6.18 Å². The molecule has 8 nitrogen and oxygen atoms in total. The lowest BCUT2D eigenvalue weighted by atomic mass is 10.1. The highest BCUT2D eigenvalue weighted by Gasteiger charge is 2.41. The Hall–Kier alpha value is -4.09. The van der Waals surface area contributed by atoms with Gasteiger partial charge in [-0.05, 0) is 25.1 Å². The summed E-state index contributed by atoms with van der Waals surface area (Å²) in [5.74, 6) is -1.60. The number of hydrogen-bond donors (Lipinski definition) is 0. The van der Waals surface area contributed by atoms with Crippen LogP contribution in [-0.4, -0.2) is 50.2 Å². The van der Waals surface area contributed by atoms with Crippen molar-refractivity contribution in [2.45, 2.75) is 19.1 Å². The van der Waals surface area contributed by atoms with Gasteiger partial charge < -0.3 is 0 Å². The van der Waals surface area contributed by atoms with Crippen LogP contribution in [0.5, 0.6) is 0 Å². The Balaban J connectivity index is 1.59. The van der Waals surface area contributed by atoms with Crippen LogP contribution < -0.4 is 5.01 Å². The zero-order valence-corrected chi connectivity index (χ0v) is 20.2. The molecule has 188 valence electrons. The molecule has 1 saturated heterocycles. The Kier molecular flexibility index (Phi) is 6.04. The quantitative estimate of drug-likeness (QED) is 0.378. The maximum atomic E-state index is 13.9. The van der Waals surface area contributed by atoms with E-state index in [1.165, 1.54) is 5.01 Å². The second kappa shape index (κ2) is 9.09. The van der Waals surface area contributed by atoms with Gasteiger partial charge in [0.2, 0.25) is 0 Å². The van der Waals surface area contributed by atoms with Gasteiger partial charge in [-0.2, -0.15) is 18.3 Å². The summed E-state index contributed by atoms with van der Waals surface area (Å²) < 4.78 is 42.3. The molecule has 1 atom stereocenters. The van der Waals surface area contributed by atoms with Gasteiger partial charge in [-0.3, -0.25) is 9.59 Å². The smallest absolute Gasteiger partial charge is 0.266 e. The highest BCUT2D eigenvalue weighted by atomic mass is 35.5. The molecule has 2 aromatic carbocycles. The molecule has 5 rings (SSSR count). The molecule has 0 bridgehead atoms. The molecule has 0 spiro atoms. The van der Waals surface area contributed by atoms with Gasteiger partial charge in [-0.1, -0.05) is 60.1 Å². The van der Waals surface area contributed by atoms with E-state index in [-0.39, 0.29) is 17.1 Å². The molecule has 0 saturated carbocycles. The van der Waals surface area contributed by atoms with Crippen molar-refractivity contribution < 1.29 is 22.8 Å². The first kappa shape index (κ1) is 24.6. The van der Waals surface area contributed by atoms with Crippen molar-refractivity contribution in [3.63, 3.8) is 0 Å². The molecule has 0 N–H and O–H groups in total. The number of benzene rings is 2. The van der Waals surface area contributed by atoms with Crippen LogP contribution in [-0.2, 0) is 11.0 Å². The van der Waals surface area contributed by atoms with Crippen LogP contribution in [0.4, 0.5) is 18.9 Å². The number of nitrogens with zero attached hydrogens (tertiary/aromatic N) is 6. The SMILES string of the molecule is CC1C(=NC(=O)c2nn3c(C(F)(F)F)cc(-c4ccccc4)nc3c2Cl)C(=O)N(c2ccccc2)N1C. The van der Waals surface area contributed by atoms with Gasteiger partial charge in [0, 0.05) is 12.6 Å². The first-order chi connectivity index (χ1) is 17.6. The molecule has 0 aliphatic carbocycles. The molecule has 1 aliphatic heterocycles. The fourth-order valence-corrected chi connectivity index (χ4v) is 4.28. The van der Waals surface area contributed by atoms with Crippen molar-refractivity contribution in [2.24, 2.45) is 4.99 Å². The number of alkyl halides is 3. The predicted molar refractivity (Wildman–Crippen MR) is 131 cm³/mol. The van der Waals surface area contributed by atoms with Gasteiger partial charge in [0.15, 0.2) is 17.0 Å². The van der Waals surface area contributed by atoms with Gasteiger partial charge in [-0.15, -0.1) is 0 Å². The number of halogens is 4. The Morgan fingerprint density at radius 3 is 2.30 bits per heavy atom. The number of aliphatic imine (C=N–C) groups is 1. The summed E-state index contributed by atoms with van der Waals surface area (Å²) in [6.45, 7) is 1.67. The van der Waals surface area contributed by atoms with Crippen molar-refractivity contribution in [3.8, 4) is 11.3 Å². The maximum Gasteiger partial charge on any atom is 0.433 e. The van der Waals surface area contributed by atoms with Crippen molar-refractivity contribution in [2.75, 3.05) is 12.1 Å². The summed E-state index contributed by atoms with van der Waals surface area (Å²) in [6, 6.07) is 17.2. The summed E-state index contributed by atoms with van der Waals surface area (Å²) in [5, 5.41) is 6.37. The number of fused-ring (bicyclic) bond motifs is 1. The Labute approximate surface area is 213 Å². The molecule has 1 unspecified atom stereocenters. The van der Waals surface area contributed by atoms with Gasteiger partial charge in [0.05, 0.1) is 17.4 Å². The normalized spacial score (nSPS) is 17.8. The molecule has 0 radical (unpaired) electrons. The number of amides is 2. The second-order valence-corrected chi connectivity index (χ2v) is 8.67. The maximum absolute atomic E-state index is 13.9. The van der Waals surface area contributed by atoms with E-state index in [1.807, 2.05) is 0 Å². The summed E-state index contributed by atoms with van der Waals surface area (Å²) >= 11 is 6.34. The zero-order valence-electron chi connectivity index (χ0n) is 19.4. The van der Waals surface area contributed by atoms with E-state index < -0.39 is 40.4 Å². The topological polar surface area (TPSA) is 83.2 Å². The summed E-state index contributed by atoms with van der Waals surface area (Å²) in [6.07, 6.45) is -4.82. The van der Waals surface area contributed by atoms with Gasteiger partial charge in [0.25, 0.3) is 11.8 Å². The lowest BCUT2D eigenvalue weighted by molar-refractivity contribution is -0.142. The zero-order chi connectivity index (χ0) is 26.5. The number of anilines is 1. The number of hydrogen-bond acceptors (Lipinski definition) is 5. The number of hydrazine groups is 1. The Morgan fingerprint density at radius 2 is 1.68 bits per heavy atom. The largest absolute Gasteiger partial charge is 0.433 e. The fraction of sp³-hybridized carbons (Fsp3) is 0.160. The fourth-order valence-electron chi connectivity index (χ4n) is 4.04. The van der Waals surface area contributed by atoms with Crippen LogP contribution in [0.1, 0.15) is 23.1 Å². The minimum atomic E-state index is -4.82. The molecule has 1 aliphatic rings. The first-order valence-corrected chi connectivity index (χ1v) is 11.4. The third-order valence-corrected chi connectivity index (χ3v) is 6.35. The molecule has 3 heterocycles. The average Bonchev–Trinajstić information content (AvgIpc) is 3.32. The Morgan fingerprint density at radius 1 is 1.05 bits per heavy atom. The number of rotatable bonds is 3. The summed E-state index contributed by atoms with van der Waals surface area (Å²) in [4.78, 5) is 34.4. The third-order valence-electron chi connectivity index (χ3n) is 6.00. The highest BCUT2D eigenvalue weighted by molar-refractivity contribution is 6.49. The van der Waals surface area contributed by atoms with Crippen LogP contribution >= 0.6 is 11.6 Å². The van der Waals surface area contributed by atoms with E-state index in [4.69, 9.17) is 11.6 Å². The summed E-state index contributed by atoms with van der Waals surface area (Å²) in [7, 11) is 1.66. The average molecular weight is 527 g/mol. The molecule has 4 aromatic rings. The standard InChI is InChI=1S/C25H18ClF3N6O2/c1-14-20(24(37)35(33(14)2)16-11-7-4-8-12-16)31-23(36)21-19(26)22-30-17(15-9-5-3-6-10-15)13-18(25(27,28)29)34(22)32-21/h3-14H,1-2H3.